The van der Waals surface area contributed by atoms with Crippen LogP contribution in [0, 0.1) is 0 Å². The largest absolute Gasteiger partial charge is 0.456 e. The van der Waals surface area contributed by atoms with Crippen LogP contribution in [0.25, 0.3) is 94.7 Å². The Morgan fingerprint density at radius 1 is 0.380 bits per heavy atom. The van der Waals surface area contributed by atoms with Crippen LogP contribution in [-0.2, 0) is 0 Å². The first kappa shape index (κ1) is 28.2. The summed E-state index contributed by atoms with van der Waals surface area (Å²) < 4.78 is 8.90. The molecule has 10 rings (SSSR count). The lowest BCUT2D eigenvalue weighted by Gasteiger charge is -2.09. The average molecular weight is 641 g/mol. The van der Waals surface area contributed by atoms with Crippen LogP contribution < -0.4 is 0 Å². The molecule has 0 fully saturated rings. The number of aromatic nitrogens is 4. The third-order valence-corrected chi connectivity index (χ3v) is 9.46. The number of benzene rings is 7. The first-order valence-electron chi connectivity index (χ1n) is 16.7. The molecule has 5 heteroatoms. The monoisotopic (exact) mass is 640 g/mol. The van der Waals surface area contributed by atoms with E-state index in [2.05, 4.69) is 114 Å². The molecule has 0 atom stereocenters. The van der Waals surface area contributed by atoms with Crippen molar-refractivity contribution in [2.45, 2.75) is 0 Å². The van der Waals surface area contributed by atoms with Crippen LogP contribution in [0.15, 0.2) is 174 Å². The fourth-order valence-electron chi connectivity index (χ4n) is 7.12. The Hall–Kier alpha value is -6.85. The van der Waals surface area contributed by atoms with Crippen LogP contribution in [0.5, 0.6) is 0 Å². The van der Waals surface area contributed by atoms with Gasteiger partial charge in [-0.2, -0.15) is 0 Å². The van der Waals surface area contributed by atoms with E-state index in [4.69, 9.17) is 19.4 Å². The maximum Gasteiger partial charge on any atom is 0.164 e. The van der Waals surface area contributed by atoms with Gasteiger partial charge in [-0.3, -0.25) is 0 Å². The van der Waals surface area contributed by atoms with Crippen LogP contribution in [0.4, 0.5) is 0 Å². The molecule has 0 spiro atoms. The summed E-state index contributed by atoms with van der Waals surface area (Å²) in [6.07, 6.45) is 0. The second-order valence-electron chi connectivity index (χ2n) is 12.5. The Bertz CT molecular complexity index is 2780. The van der Waals surface area contributed by atoms with Gasteiger partial charge in [-0.05, 0) is 41.5 Å². The quantitative estimate of drug-likeness (QED) is 0.188. The molecule has 0 saturated heterocycles. The molecule has 10 aromatic rings. The van der Waals surface area contributed by atoms with Gasteiger partial charge in [-0.15, -0.1) is 0 Å². The van der Waals surface area contributed by atoms with E-state index in [-0.39, 0.29) is 0 Å². The van der Waals surface area contributed by atoms with Gasteiger partial charge >= 0.3 is 0 Å². The van der Waals surface area contributed by atoms with Crippen molar-refractivity contribution < 1.29 is 4.42 Å². The van der Waals surface area contributed by atoms with E-state index in [1.54, 1.807) is 0 Å². The molecule has 0 aliphatic carbocycles. The first-order valence-corrected chi connectivity index (χ1v) is 16.7. The Morgan fingerprint density at radius 3 is 1.60 bits per heavy atom. The Balaban J connectivity index is 1.11. The number of nitrogens with zero attached hydrogens (tertiary/aromatic N) is 4. The standard InChI is InChI=1S/C45H28N4O/c1-4-13-30(14-5-1)43-46-44(31-15-6-2-7-16-31)48-45(47-43)32-25-23-29(24-26-32)34-20-12-22-40-42(34)37-27-36-35-19-10-11-21-38(35)49(33-17-8-3-9-18-33)39(36)28-41(37)50-40/h1-28H. The van der Waals surface area contributed by atoms with Gasteiger partial charge in [0.05, 0.1) is 11.0 Å². The lowest BCUT2D eigenvalue weighted by molar-refractivity contribution is 0.669. The van der Waals surface area contributed by atoms with Gasteiger partial charge in [0, 0.05) is 50.0 Å². The summed E-state index contributed by atoms with van der Waals surface area (Å²) in [5.41, 5.74) is 10.2. The fourth-order valence-corrected chi connectivity index (χ4v) is 7.12. The summed E-state index contributed by atoms with van der Waals surface area (Å²) in [5, 5.41) is 4.61. The van der Waals surface area contributed by atoms with Crippen molar-refractivity contribution in [3.63, 3.8) is 0 Å². The van der Waals surface area contributed by atoms with Gasteiger partial charge in [0.1, 0.15) is 11.2 Å². The maximum absolute atomic E-state index is 6.57. The van der Waals surface area contributed by atoms with Crippen LogP contribution in [0.2, 0.25) is 0 Å². The lowest BCUT2D eigenvalue weighted by Crippen LogP contribution is -2.00. The van der Waals surface area contributed by atoms with E-state index in [9.17, 15) is 0 Å². The SMILES string of the molecule is c1ccc(-c2nc(-c3ccccc3)nc(-c3ccc(-c4cccc5oc6cc7c(cc6c45)c4ccccc4n7-c4ccccc4)cc3)n2)cc1. The van der Waals surface area contributed by atoms with Gasteiger partial charge in [-0.1, -0.05) is 133 Å². The highest BCUT2D eigenvalue weighted by Crippen LogP contribution is 2.41. The molecule has 7 aromatic carbocycles. The molecule has 3 heterocycles. The summed E-state index contributed by atoms with van der Waals surface area (Å²) >= 11 is 0. The normalized spacial score (nSPS) is 11.6. The van der Waals surface area contributed by atoms with Crippen molar-refractivity contribution in [3.8, 4) is 51.0 Å². The van der Waals surface area contributed by atoms with Crippen LogP contribution in [0.1, 0.15) is 0 Å². The molecule has 0 bridgehead atoms. The third kappa shape index (κ3) is 4.60. The molecule has 0 aliphatic heterocycles. The number of fused-ring (bicyclic) bond motifs is 6. The van der Waals surface area contributed by atoms with E-state index < -0.39 is 0 Å². The molecule has 5 nitrogen and oxygen atoms in total. The molecule has 0 aliphatic rings. The number of hydrogen-bond donors (Lipinski definition) is 0. The number of para-hydroxylation sites is 2. The van der Waals surface area contributed by atoms with Gasteiger partial charge in [-0.25, -0.2) is 15.0 Å². The summed E-state index contributed by atoms with van der Waals surface area (Å²) in [7, 11) is 0. The smallest absolute Gasteiger partial charge is 0.164 e. The zero-order valence-electron chi connectivity index (χ0n) is 26.9. The number of furan rings is 1. The average Bonchev–Trinajstić information content (AvgIpc) is 3.72. The summed E-state index contributed by atoms with van der Waals surface area (Å²) in [4.78, 5) is 14.7. The van der Waals surface area contributed by atoms with Gasteiger partial charge in [0.15, 0.2) is 17.5 Å². The van der Waals surface area contributed by atoms with Crippen molar-refractivity contribution in [2.75, 3.05) is 0 Å². The predicted octanol–water partition coefficient (Wildman–Crippen LogP) is 11.5. The van der Waals surface area contributed by atoms with E-state index in [1.807, 2.05) is 60.7 Å². The molecular formula is C45H28N4O. The number of hydrogen-bond acceptors (Lipinski definition) is 4. The molecule has 0 radical (unpaired) electrons. The van der Waals surface area contributed by atoms with E-state index in [0.717, 1.165) is 61.0 Å². The minimum Gasteiger partial charge on any atom is -0.456 e. The molecule has 0 N–H and O–H groups in total. The van der Waals surface area contributed by atoms with E-state index >= 15 is 0 Å². The van der Waals surface area contributed by atoms with Crippen molar-refractivity contribution in [2.24, 2.45) is 0 Å². The summed E-state index contributed by atoms with van der Waals surface area (Å²) in [6, 6.07) is 58.5. The van der Waals surface area contributed by atoms with Gasteiger partial charge in [0.25, 0.3) is 0 Å². The lowest BCUT2D eigenvalue weighted by atomic mass is 9.97. The van der Waals surface area contributed by atoms with Gasteiger partial charge < -0.3 is 8.98 Å². The molecule has 0 saturated carbocycles. The van der Waals surface area contributed by atoms with Gasteiger partial charge in [0.2, 0.25) is 0 Å². The minimum atomic E-state index is 0.633. The number of rotatable bonds is 5. The van der Waals surface area contributed by atoms with Crippen molar-refractivity contribution in [3.05, 3.63) is 170 Å². The Labute approximate surface area is 287 Å². The highest BCUT2D eigenvalue weighted by Gasteiger charge is 2.19. The molecule has 0 amide bonds. The molecule has 0 unspecified atom stereocenters. The molecule has 50 heavy (non-hydrogen) atoms. The Kier molecular flexibility index (Phi) is 6.42. The zero-order valence-corrected chi connectivity index (χ0v) is 26.9. The second-order valence-corrected chi connectivity index (χ2v) is 12.5. The van der Waals surface area contributed by atoms with Crippen molar-refractivity contribution in [1.82, 2.24) is 19.5 Å². The van der Waals surface area contributed by atoms with Crippen molar-refractivity contribution in [1.29, 1.82) is 0 Å². The van der Waals surface area contributed by atoms with Crippen LogP contribution >= 0.6 is 0 Å². The second kappa shape index (κ2) is 11.4. The fraction of sp³-hybridized carbons (Fsp3) is 0. The van der Waals surface area contributed by atoms with E-state index in [1.165, 1.54) is 16.3 Å². The highest BCUT2D eigenvalue weighted by atomic mass is 16.3. The Morgan fingerprint density at radius 2 is 0.940 bits per heavy atom. The third-order valence-electron chi connectivity index (χ3n) is 9.46. The predicted molar refractivity (Wildman–Crippen MR) is 203 cm³/mol. The summed E-state index contributed by atoms with van der Waals surface area (Å²) in [5.74, 6) is 1.93. The molecule has 234 valence electrons. The zero-order chi connectivity index (χ0) is 33.0. The first-order chi connectivity index (χ1) is 24.8. The highest BCUT2D eigenvalue weighted by molar-refractivity contribution is 6.20. The molecular weight excluding hydrogens is 613 g/mol. The minimum absolute atomic E-state index is 0.633. The van der Waals surface area contributed by atoms with Crippen LogP contribution in [0.3, 0.4) is 0 Å². The topological polar surface area (TPSA) is 56.7 Å². The van der Waals surface area contributed by atoms with E-state index in [0.29, 0.717) is 17.5 Å². The van der Waals surface area contributed by atoms with Crippen LogP contribution in [-0.4, -0.2) is 19.5 Å². The van der Waals surface area contributed by atoms with Crippen molar-refractivity contribution >= 4 is 43.7 Å². The molecule has 3 aromatic heterocycles. The summed E-state index contributed by atoms with van der Waals surface area (Å²) in [6.45, 7) is 0. The maximum atomic E-state index is 6.57.